The van der Waals surface area contributed by atoms with Gasteiger partial charge in [0.15, 0.2) is 0 Å². The molecule has 118 valence electrons. The number of carbonyl (C=O) groups is 1. The van der Waals surface area contributed by atoms with E-state index in [1.807, 2.05) is 12.3 Å². The lowest BCUT2D eigenvalue weighted by molar-refractivity contribution is 0.00720. The molecule has 1 aromatic heterocycles. The molecule has 3 N–H and O–H groups in total. The van der Waals surface area contributed by atoms with Gasteiger partial charge in [-0.05, 0) is 26.2 Å². The molecule has 1 aromatic rings. The molecule has 1 fully saturated rings. The maximum atomic E-state index is 11.7. The first-order valence-electron chi connectivity index (χ1n) is 7.72. The van der Waals surface area contributed by atoms with Crippen molar-refractivity contribution >= 4 is 17.4 Å². The van der Waals surface area contributed by atoms with E-state index in [4.69, 9.17) is 0 Å². The van der Waals surface area contributed by atoms with E-state index in [9.17, 15) is 9.90 Å². The SMILES string of the molecule is Cc1csc(CCCNC(=O)NCC2(O)CCCCC2)n1. The number of aliphatic hydroxyl groups is 1. The van der Waals surface area contributed by atoms with Crippen molar-refractivity contribution < 1.29 is 9.90 Å². The molecule has 0 bridgehead atoms. The normalized spacial score (nSPS) is 17.4. The standard InChI is InChI=1S/C15H25N3O2S/c1-12-10-21-13(18-12)6-5-9-16-14(19)17-11-15(20)7-3-2-4-8-15/h10,20H,2-9,11H2,1H3,(H2,16,17,19). The number of thiazole rings is 1. The number of hydrogen-bond acceptors (Lipinski definition) is 4. The summed E-state index contributed by atoms with van der Waals surface area (Å²) in [5, 5.41) is 19.1. The van der Waals surface area contributed by atoms with Gasteiger partial charge < -0.3 is 15.7 Å². The summed E-state index contributed by atoms with van der Waals surface area (Å²) in [6.07, 6.45) is 6.63. The number of nitrogens with one attached hydrogen (secondary N) is 2. The molecule has 1 heterocycles. The fourth-order valence-corrected chi connectivity index (χ4v) is 3.47. The quantitative estimate of drug-likeness (QED) is 0.706. The number of carbonyl (C=O) groups excluding carboxylic acids is 1. The zero-order chi connectivity index (χ0) is 15.1. The third kappa shape index (κ3) is 5.63. The Kier molecular flexibility index (Phi) is 5.99. The van der Waals surface area contributed by atoms with Gasteiger partial charge in [0.2, 0.25) is 0 Å². The van der Waals surface area contributed by atoms with E-state index in [0.29, 0.717) is 13.1 Å². The molecule has 6 heteroatoms. The largest absolute Gasteiger partial charge is 0.388 e. The van der Waals surface area contributed by atoms with Crippen molar-refractivity contribution in [2.45, 2.75) is 57.5 Å². The van der Waals surface area contributed by atoms with E-state index in [2.05, 4.69) is 15.6 Å². The number of aryl methyl sites for hydroxylation is 2. The second kappa shape index (κ2) is 7.75. The van der Waals surface area contributed by atoms with E-state index in [-0.39, 0.29) is 6.03 Å². The highest BCUT2D eigenvalue weighted by molar-refractivity contribution is 7.09. The van der Waals surface area contributed by atoms with Crippen molar-refractivity contribution in [3.63, 3.8) is 0 Å². The van der Waals surface area contributed by atoms with Gasteiger partial charge in [0.1, 0.15) is 0 Å². The average Bonchev–Trinajstić information content (AvgIpc) is 2.88. The van der Waals surface area contributed by atoms with Gasteiger partial charge in [-0.1, -0.05) is 19.3 Å². The summed E-state index contributed by atoms with van der Waals surface area (Å²) in [5.41, 5.74) is 0.356. The molecule has 0 atom stereocenters. The van der Waals surface area contributed by atoms with Crippen molar-refractivity contribution in [3.05, 3.63) is 16.1 Å². The molecule has 21 heavy (non-hydrogen) atoms. The number of hydrogen-bond donors (Lipinski definition) is 3. The lowest BCUT2D eigenvalue weighted by Gasteiger charge is -2.32. The molecule has 2 rings (SSSR count). The second-order valence-electron chi connectivity index (χ2n) is 5.88. The first-order valence-corrected chi connectivity index (χ1v) is 8.60. The minimum absolute atomic E-state index is 0.190. The maximum Gasteiger partial charge on any atom is 0.314 e. The van der Waals surface area contributed by atoms with Gasteiger partial charge in [0.05, 0.1) is 10.6 Å². The van der Waals surface area contributed by atoms with Gasteiger partial charge >= 0.3 is 6.03 Å². The third-order valence-corrected chi connectivity index (χ3v) is 4.91. The molecule has 1 saturated carbocycles. The second-order valence-corrected chi connectivity index (χ2v) is 6.82. The topological polar surface area (TPSA) is 74.2 Å². The Morgan fingerprint density at radius 2 is 2.14 bits per heavy atom. The molecule has 0 aliphatic heterocycles. The van der Waals surface area contributed by atoms with Crippen LogP contribution in [0.15, 0.2) is 5.38 Å². The van der Waals surface area contributed by atoms with Gasteiger partial charge in [0, 0.05) is 30.6 Å². The molecular weight excluding hydrogens is 286 g/mol. The highest BCUT2D eigenvalue weighted by Gasteiger charge is 2.29. The monoisotopic (exact) mass is 311 g/mol. The van der Waals surface area contributed by atoms with Crippen LogP contribution in [0.5, 0.6) is 0 Å². The van der Waals surface area contributed by atoms with Crippen LogP contribution in [0.2, 0.25) is 0 Å². The van der Waals surface area contributed by atoms with Crippen LogP contribution < -0.4 is 10.6 Å². The van der Waals surface area contributed by atoms with Crippen LogP contribution in [0.3, 0.4) is 0 Å². The maximum absolute atomic E-state index is 11.7. The number of rotatable bonds is 6. The molecule has 5 nitrogen and oxygen atoms in total. The van der Waals surface area contributed by atoms with Gasteiger partial charge in [0.25, 0.3) is 0 Å². The Balaban J connectivity index is 1.57. The van der Waals surface area contributed by atoms with Crippen molar-refractivity contribution in [2.24, 2.45) is 0 Å². The first-order chi connectivity index (χ1) is 10.1. The predicted molar refractivity (Wildman–Crippen MR) is 84.6 cm³/mol. The average molecular weight is 311 g/mol. The number of aromatic nitrogens is 1. The molecule has 0 saturated heterocycles. The van der Waals surface area contributed by atoms with Gasteiger partial charge in [-0.25, -0.2) is 9.78 Å². The van der Waals surface area contributed by atoms with E-state index >= 15 is 0 Å². The Morgan fingerprint density at radius 1 is 1.38 bits per heavy atom. The summed E-state index contributed by atoms with van der Waals surface area (Å²) in [5.74, 6) is 0. The summed E-state index contributed by atoms with van der Waals surface area (Å²) < 4.78 is 0. The highest BCUT2D eigenvalue weighted by Crippen LogP contribution is 2.27. The third-order valence-electron chi connectivity index (χ3n) is 3.88. The summed E-state index contributed by atoms with van der Waals surface area (Å²) in [4.78, 5) is 16.1. The van der Waals surface area contributed by atoms with Crippen LogP contribution in [-0.4, -0.2) is 34.8 Å². The lowest BCUT2D eigenvalue weighted by atomic mass is 9.85. The number of amides is 2. The van der Waals surface area contributed by atoms with E-state index in [1.165, 1.54) is 6.42 Å². The van der Waals surface area contributed by atoms with Gasteiger partial charge in [-0.3, -0.25) is 0 Å². The molecule has 0 spiro atoms. The summed E-state index contributed by atoms with van der Waals surface area (Å²) in [7, 11) is 0. The Hall–Kier alpha value is -1.14. The Morgan fingerprint density at radius 3 is 2.81 bits per heavy atom. The molecule has 1 aliphatic carbocycles. The zero-order valence-electron chi connectivity index (χ0n) is 12.7. The van der Waals surface area contributed by atoms with Crippen molar-refractivity contribution in [3.8, 4) is 0 Å². The van der Waals surface area contributed by atoms with Crippen LogP contribution in [0.1, 0.15) is 49.2 Å². The molecule has 1 aliphatic rings. The van der Waals surface area contributed by atoms with Crippen molar-refractivity contribution in [1.82, 2.24) is 15.6 Å². The van der Waals surface area contributed by atoms with Gasteiger partial charge in [-0.2, -0.15) is 0 Å². The Labute approximate surface area is 130 Å². The fourth-order valence-electron chi connectivity index (χ4n) is 2.65. The number of urea groups is 1. The van der Waals surface area contributed by atoms with Crippen molar-refractivity contribution in [2.75, 3.05) is 13.1 Å². The van der Waals surface area contributed by atoms with Crippen LogP contribution in [0, 0.1) is 6.92 Å². The number of nitrogens with zero attached hydrogens (tertiary/aromatic N) is 1. The first kappa shape index (κ1) is 16.2. The van der Waals surface area contributed by atoms with Crippen LogP contribution in [0.25, 0.3) is 0 Å². The van der Waals surface area contributed by atoms with E-state index in [0.717, 1.165) is 49.2 Å². The highest BCUT2D eigenvalue weighted by atomic mass is 32.1. The Bertz CT molecular complexity index is 456. The fraction of sp³-hybridized carbons (Fsp3) is 0.733. The summed E-state index contributed by atoms with van der Waals surface area (Å²) >= 11 is 1.66. The molecule has 0 aromatic carbocycles. The van der Waals surface area contributed by atoms with Crippen LogP contribution in [-0.2, 0) is 6.42 Å². The lowest BCUT2D eigenvalue weighted by Crippen LogP contribution is -2.47. The summed E-state index contributed by atoms with van der Waals surface area (Å²) in [6, 6.07) is -0.190. The van der Waals surface area contributed by atoms with Crippen molar-refractivity contribution in [1.29, 1.82) is 0 Å². The van der Waals surface area contributed by atoms with E-state index in [1.54, 1.807) is 11.3 Å². The zero-order valence-corrected chi connectivity index (χ0v) is 13.5. The minimum atomic E-state index is -0.700. The predicted octanol–water partition coefficient (Wildman–Crippen LogP) is 2.38. The summed E-state index contributed by atoms with van der Waals surface area (Å²) in [6.45, 7) is 2.97. The van der Waals surface area contributed by atoms with Gasteiger partial charge in [-0.15, -0.1) is 11.3 Å². The van der Waals surface area contributed by atoms with Crippen LogP contribution in [0.4, 0.5) is 4.79 Å². The van der Waals surface area contributed by atoms with E-state index < -0.39 is 5.60 Å². The smallest absolute Gasteiger partial charge is 0.314 e. The van der Waals surface area contributed by atoms with Crippen LogP contribution >= 0.6 is 11.3 Å². The molecule has 0 unspecified atom stereocenters. The minimum Gasteiger partial charge on any atom is -0.388 e. The molecule has 2 amide bonds. The molecule has 0 radical (unpaired) electrons. The molecular formula is C15H25N3O2S.